The van der Waals surface area contributed by atoms with Gasteiger partial charge in [-0.05, 0) is 30.3 Å². The summed E-state index contributed by atoms with van der Waals surface area (Å²) in [6, 6.07) is 10.3. The fourth-order valence-corrected chi connectivity index (χ4v) is 1.52. The lowest BCUT2D eigenvalue weighted by Crippen LogP contribution is -2.05. The maximum atomic E-state index is 13.4. The van der Waals surface area contributed by atoms with E-state index in [0.717, 1.165) is 0 Å². The second kappa shape index (κ2) is 4.25. The third-order valence-electron chi connectivity index (χ3n) is 2.47. The van der Waals surface area contributed by atoms with Crippen molar-refractivity contribution in [2.45, 2.75) is 0 Å². The molecule has 0 heterocycles. The zero-order chi connectivity index (χ0) is 12.4. The number of nitrogens with two attached hydrogens (primary N) is 2. The molecule has 0 aliphatic heterocycles. The maximum absolute atomic E-state index is 13.4. The molecule has 0 atom stereocenters. The zero-order valence-electron chi connectivity index (χ0n) is 8.98. The summed E-state index contributed by atoms with van der Waals surface area (Å²) >= 11 is 0. The van der Waals surface area contributed by atoms with E-state index >= 15 is 0 Å². The van der Waals surface area contributed by atoms with Crippen LogP contribution in [0, 0.1) is 5.82 Å². The molecule has 2 aromatic carbocycles. The molecule has 4 heteroatoms. The van der Waals surface area contributed by atoms with Gasteiger partial charge in [-0.1, -0.05) is 12.1 Å². The molecule has 0 aromatic heterocycles. The number of carbonyl (C=O) groups is 1. The van der Waals surface area contributed by atoms with Crippen molar-refractivity contribution in [3.8, 4) is 0 Å². The van der Waals surface area contributed by atoms with Gasteiger partial charge in [-0.15, -0.1) is 0 Å². The molecular formula is C13H11FN2O. The summed E-state index contributed by atoms with van der Waals surface area (Å²) in [5, 5.41) is 0. The Bertz CT molecular complexity index is 581. The molecule has 2 rings (SSSR count). The predicted molar refractivity (Wildman–Crippen MR) is 65.1 cm³/mol. The lowest BCUT2D eigenvalue weighted by Gasteiger charge is -2.05. The summed E-state index contributed by atoms with van der Waals surface area (Å²) < 4.78 is 13.4. The Morgan fingerprint density at radius 3 is 2.35 bits per heavy atom. The quantitative estimate of drug-likeness (QED) is 0.614. The molecule has 0 saturated heterocycles. The Balaban J connectivity index is 2.44. The molecule has 0 spiro atoms. The van der Waals surface area contributed by atoms with E-state index in [0.29, 0.717) is 16.9 Å². The monoisotopic (exact) mass is 230 g/mol. The molecule has 0 amide bonds. The molecule has 0 radical (unpaired) electrons. The Morgan fingerprint density at radius 2 is 1.71 bits per heavy atom. The number of nitrogen functional groups attached to an aromatic ring is 2. The van der Waals surface area contributed by atoms with Crippen molar-refractivity contribution in [1.29, 1.82) is 0 Å². The minimum atomic E-state index is -0.548. The van der Waals surface area contributed by atoms with Crippen LogP contribution in [0.25, 0.3) is 0 Å². The van der Waals surface area contributed by atoms with Crippen LogP contribution in [0.4, 0.5) is 15.8 Å². The number of benzene rings is 2. The number of hydrogen-bond donors (Lipinski definition) is 2. The highest BCUT2D eigenvalue weighted by atomic mass is 19.1. The number of hydrogen-bond acceptors (Lipinski definition) is 3. The average molecular weight is 230 g/mol. The Hall–Kier alpha value is -2.36. The first-order valence-corrected chi connectivity index (χ1v) is 5.04. The van der Waals surface area contributed by atoms with Crippen molar-refractivity contribution in [3.05, 3.63) is 59.4 Å². The topological polar surface area (TPSA) is 69.1 Å². The molecule has 0 saturated carbocycles. The van der Waals surface area contributed by atoms with E-state index in [4.69, 9.17) is 11.5 Å². The molecule has 0 aliphatic rings. The van der Waals surface area contributed by atoms with Crippen LogP contribution in [0.1, 0.15) is 15.9 Å². The first-order chi connectivity index (χ1) is 8.09. The van der Waals surface area contributed by atoms with Gasteiger partial charge in [-0.2, -0.15) is 0 Å². The first kappa shape index (κ1) is 11.1. The van der Waals surface area contributed by atoms with Crippen molar-refractivity contribution in [3.63, 3.8) is 0 Å². The third-order valence-corrected chi connectivity index (χ3v) is 2.47. The summed E-state index contributed by atoms with van der Waals surface area (Å²) in [4.78, 5) is 12.0. The molecule has 2 aromatic rings. The second-order valence-corrected chi connectivity index (χ2v) is 3.65. The Kier molecular flexibility index (Phi) is 2.78. The van der Waals surface area contributed by atoms with E-state index in [2.05, 4.69) is 0 Å². The lowest BCUT2D eigenvalue weighted by molar-refractivity contribution is 0.103. The largest absolute Gasteiger partial charge is 0.397 e. The highest BCUT2D eigenvalue weighted by Crippen LogP contribution is 2.19. The van der Waals surface area contributed by atoms with E-state index in [-0.39, 0.29) is 5.56 Å². The van der Waals surface area contributed by atoms with Crippen molar-refractivity contribution in [1.82, 2.24) is 0 Å². The SMILES string of the molecule is Nc1ccc(C(=O)c2ccccc2F)cc1N. The molecule has 0 aliphatic carbocycles. The summed E-state index contributed by atoms with van der Waals surface area (Å²) in [5.74, 6) is -0.956. The minimum Gasteiger partial charge on any atom is -0.397 e. The van der Waals surface area contributed by atoms with Gasteiger partial charge in [0.1, 0.15) is 5.82 Å². The predicted octanol–water partition coefficient (Wildman–Crippen LogP) is 2.22. The van der Waals surface area contributed by atoms with Crippen LogP contribution in [0.5, 0.6) is 0 Å². The van der Waals surface area contributed by atoms with Gasteiger partial charge in [0.15, 0.2) is 5.78 Å². The van der Waals surface area contributed by atoms with E-state index in [1.165, 1.54) is 36.4 Å². The van der Waals surface area contributed by atoms with Gasteiger partial charge in [0, 0.05) is 5.56 Å². The molecule has 3 nitrogen and oxygen atoms in total. The standard InChI is InChI=1S/C13H11FN2O/c14-10-4-2-1-3-9(10)13(17)8-5-6-11(15)12(16)7-8/h1-7H,15-16H2. The summed E-state index contributed by atoms with van der Waals surface area (Å²) in [7, 11) is 0. The van der Waals surface area contributed by atoms with Crippen LogP contribution in [0.2, 0.25) is 0 Å². The minimum absolute atomic E-state index is 0.0247. The second-order valence-electron chi connectivity index (χ2n) is 3.65. The van der Waals surface area contributed by atoms with Crippen molar-refractivity contribution < 1.29 is 9.18 Å². The third kappa shape index (κ3) is 2.10. The van der Waals surface area contributed by atoms with Crippen LogP contribution in [-0.2, 0) is 0 Å². The van der Waals surface area contributed by atoms with Crippen molar-refractivity contribution in [2.24, 2.45) is 0 Å². The van der Waals surface area contributed by atoms with Gasteiger partial charge >= 0.3 is 0 Å². The van der Waals surface area contributed by atoms with E-state index in [9.17, 15) is 9.18 Å². The molecule has 4 N–H and O–H groups in total. The van der Waals surface area contributed by atoms with Crippen LogP contribution in [0.15, 0.2) is 42.5 Å². The molecule has 86 valence electrons. The number of anilines is 2. The Morgan fingerprint density at radius 1 is 1.00 bits per heavy atom. The molecule has 0 fully saturated rings. The fraction of sp³-hybridized carbons (Fsp3) is 0. The molecule has 0 unspecified atom stereocenters. The average Bonchev–Trinajstić information content (AvgIpc) is 2.32. The number of rotatable bonds is 2. The molecular weight excluding hydrogens is 219 g/mol. The lowest BCUT2D eigenvalue weighted by atomic mass is 10.0. The van der Waals surface area contributed by atoms with Crippen molar-refractivity contribution in [2.75, 3.05) is 11.5 Å². The van der Waals surface area contributed by atoms with Crippen LogP contribution >= 0.6 is 0 Å². The number of halogens is 1. The van der Waals surface area contributed by atoms with Crippen molar-refractivity contribution >= 4 is 17.2 Å². The van der Waals surface area contributed by atoms with Gasteiger partial charge in [0.25, 0.3) is 0 Å². The van der Waals surface area contributed by atoms with E-state index in [1.807, 2.05) is 0 Å². The van der Waals surface area contributed by atoms with Crippen LogP contribution < -0.4 is 11.5 Å². The van der Waals surface area contributed by atoms with Crippen LogP contribution in [0.3, 0.4) is 0 Å². The fourth-order valence-electron chi connectivity index (χ4n) is 1.52. The highest BCUT2D eigenvalue weighted by molar-refractivity contribution is 6.09. The van der Waals surface area contributed by atoms with E-state index in [1.54, 1.807) is 6.07 Å². The summed E-state index contributed by atoms with van der Waals surface area (Å²) in [6.45, 7) is 0. The summed E-state index contributed by atoms with van der Waals surface area (Å²) in [5.41, 5.74) is 12.2. The van der Waals surface area contributed by atoms with Gasteiger partial charge in [0.2, 0.25) is 0 Å². The zero-order valence-corrected chi connectivity index (χ0v) is 8.98. The van der Waals surface area contributed by atoms with Gasteiger partial charge < -0.3 is 11.5 Å². The number of carbonyl (C=O) groups excluding carboxylic acids is 1. The Labute approximate surface area is 97.9 Å². The first-order valence-electron chi connectivity index (χ1n) is 5.04. The molecule has 0 bridgehead atoms. The van der Waals surface area contributed by atoms with Gasteiger partial charge in [-0.25, -0.2) is 4.39 Å². The van der Waals surface area contributed by atoms with Gasteiger partial charge in [0.05, 0.1) is 16.9 Å². The highest BCUT2D eigenvalue weighted by Gasteiger charge is 2.13. The number of ketones is 1. The summed E-state index contributed by atoms with van der Waals surface area (Å²) in [6.07, 6.45) is 0. The maximum Gasteiger partial charge on any atom is 0.196 e. The normalized spacial score (nSPS) is 10.2. The van der Waals surface area contributed by atoms with Crippen LogP contribution in [-0.4, -0.2) is 5.78 Å². The van der Waals surface area contributed by atoms with Gasteiger partial charge in [-0.3, -0.25) is 4.79 Å². The van der Waals surface area contributed by atoms with E-state index < -0.39 is 11.6 Å². The smallest absolute Gasteiger partial charge is 0.196 e. The molecule has 17 heavy (non-hydrogen) atoms.